The molecule has 0 aliphatic carbocycles. The Kier molecular flexibility index (Phi) is 24.0. The summed E-state index contributed by atoms with van der Waals surface area (Å²) in [5.74, 6) is 0. The quantitative estimate of drug-likeness (QED) is 0.249. The van der Waals surface area contributed by atoms with Crippen LogP contribution in [0, 0.1) is 0 Å². The van der Waals surface area contributed by atoms with Gasteiger partial charge in [-0.25, -0.2) is 4.57 Å². The van der Waals surface area contributed by atoms with E-state index in [2.05, 4.69) is 0 Å². The van der Waals surface area contributed by atoms with Crippen molar-refractivity contribution >= 4 is 15.1 Å². The van der Waals surface area contributed by atoms with Gasteiger partial charge in [-0.05, 0) is 0 Å². The van der Waals surface area contributed by atoms with Crippen molar-refractivity contribution in [2.75, 3.05) is 0 Å². The summed E-state index contributed by atoms with van der Waals surface area (Å²) < 4.78 is 8.88. The minimum Gasteiger partial charge on any atom is -0.871 e. The van der Waals surface area contributed by atoms with Gasteiger partial charge in [0.05, 0.1) is 7.32 Å². The van der Waals surface area contributed by atoms with E-state index in [1.165, 1.54) is 0 Å². The van der Waals surface area contributed by atoms with Gasteiger partial charge in [-0.1, -0.05) is 0 Å². The topological polar surface area (TPSA) is 144 Å². The molecule has 0 saturated carbocycles. The smallest absolute Gasteiger partial charge is 0.871 e. The van der Waals surface area contributed by atoms with Crippen LogP contribution in [0.25, 0.3) is 0 Å². The molecule has 4 N–H and O–H groups in total. The van der Waals surface area contributed by atoms with Crippen molar-refractivity contribution in [3.8, 4) is 0 Å². The maximum Gasteiger partial charge on any atom is 1.00 e. The summed E-state index contributed by atoms with van der Waals surface area (Å²) in [4.78, 5) is 21.6. The van der Waals surface area contributed by atoms with Crippen LogP contribution in [0.5, 0.6) is 0 Å². The first kappa shape index (κ1) is 22.9. The van der Waals surface area contributed by atoms with Gasteiger partial charge in [0.1, 0.15) is 0 Å². The van der Waals surface area contributed by atoms with Crippen LogP contribution in [0.1, 0.15) is 0 Å². The molecule has 0 aliphatic heterocycles. The van der Waals surface area contributed by atoms with Gasteiger partial charge in [0.15, 0.2) is 0 Å². The SMILES string of the molecule is O=P(O)(O)O.[Ag+].[Ag+].[O-]B([O-])O. The van der Waals surface area contributed by atoms with Gasteiger partial charge < -0.3 is 29.8 Å². The normalized spacial score (nSPS) is 7.82. The molecule has 0 atom stereocenters. The zero-order chi connectivity index (χ0) is 8.08. The van der Waals surface area contributed by atoms with Crippen molar-refractivity contribution in [2.45, 2.75) is 0 Å². The number of hydrogen-bond acceptors (Lipinski definition) is 4. The van der Waals surface area contributed by atoms with E-state index in [4.69, 9.17) is 34.3 Å². The van der Waals surface area contributed by atoms with Crippen molar-refractivity contribution in [3.63, 3.8) is 0 Å². The van der Waals surface area contributed by atoms with Crippen molar-refractivity contribution in [3.05, 3.63) is 0 Å². The molecule has 0 aromatic heterocycles. The standard InChI is InChI=1S/2Ag.BHO3.H3O4P/c;;2-1(3)4;1-5(2,3)4/h;;2H;(H3,1,2,3,4)/q2*+1;-2;. The molecule has 0 saturated heterocycles. The van der Waals surface area contributed by atoms with E-state index >= 15 is 0 Å². The molecule has 0 bridgehead atoms. The Morgan fingerprint density at radius 1 is 1.09 bits per heavy atom. The first-order valence-electron chi connectivity index (χ1n) is 1.51. The summed E-state index contributed by atoms with van der Waals surface area (Å²) in [5, 5.41) is 24.0. The number of phosphoric acid groups is 1. The van der Waals surface area contributed by atoms with Gasteiger partial charge in [0, 0.05) is 0 Å². The predicted octanol–water partition coefficient (Wildman–Crippen LogP) is -4.25. The summed E-state index contributed by atoms with van der Waals surface area (Å²) in [6, 6.07) is 0. The van der Waals surface area contributed by atoms with Crippen LogP contribution in [-0.4, -0.2) is 27.0 Å². The molecular formula is H4Ag2BO7P. The van der Waals surface area contributed by atoms with Crippen molar-refractivity contribution in [1.82, 2.24) is 0 Å². The molecule has 0 spiro atoms. The molecule has 7 nitrogen and oxygen atoms in total. The summed E-state index contributed by atoms with van der Waals surface area (Å²) in [7, 11) is -7.31. The average Bonchev–Trinajstić information content (AvgIpc) is 1.19. The van der Waals surface area contributed by atoms with Crippen molar-refractivity contribution in [1.29, 1.82) is 0 Å². The summed E-state index contributed by atoms with van der Waals surface area (Å²) in [5.41, 5.74) is 0. The van der Waals surface area contributed by atoms with Crippen LogP contribution in [0.4, 0.5) is 0 Å². The summed E-state index contributed by atoms with van der Waals surface area (Å²) >= 11 is 0. The van der Waals surface area contributed by atoms with Crippen LogP contribution in [-0.2, 0) is 49.3 Å². The minimum atomic E-state index is -4.64. The van der Waals surface area contributed by atoms with E-state index in [1.54, 1.807) is 0 Å². The number of rotatable bonds is 0. The minimum absolute atomic E-state index is 0. The van der Waals surface area contributed by atoms with E-state index in [9.17, 15) is 0 Å². The van der Waals surface area contributed by atoms with Crippen molar-refractivity contribution in [2.24, 2.45) is 0 Å². The Balaban J connectivity index is -0.0000000383. The average molecular weight is 374 g/mol. The van der Waals surface area contributed by atoms with Crippen molar-refractivity contribution < 1.29 is 79.1 Å². The zero-order valence-electron chi connectivity index (χ0n) is 4.64. The first-order chi connectivity index (χ1) is 3.73. The van der Waals surface area contributed by atoms with E-state index in [-0.39, 0.29) is 44.8 Å². The third-order valence-electron chi connectivity index (χ3n) is 0. The molecule has 76 valence electrons. The van der Waals surface area contributed by atoms with Gasteiger partial charge >= 0.3 is 52.6 Å². The molecule has 0 heterocycles. The Morgan fingerprint density at radius 3 is 1.09 bits per heavy atom. The van der Waals surface area contributed by atoms with Crippen LogP contribution < -0.4 is 10.0 Å². The van der Waals surface area contributed by atoms with Gasteiger partial charge in [-0.3, -0.25) is 0 Å². The van der Waals surface area contributed by atoms with Crippen LogP contribution in [0.2, 0.25) is 0 Å². The van der Waals surface area contributed by atoms with Gasteiger partial charge in [0.2, 0.25) is 0 Å². The Labute approximate surface area is 93.9 Å². The number of hydrogen-bond donors (Lipinski definition) is 4. The second-order valence-electron chi connectivity index (χ2n) is 0.820. The Morgan fingerprint density at radius 2 is 1.09 bits per heavy atom. The Bertz CT molecular complexity index is 87.6. The first-order valence-corrected chi connectivity index (χ1v) is 3.08. The second kappa shape index (κ2) is 11.5. The predicted molar refractivity (Wildman–Crippen MR) is 22.2 cm³/mol. The maximum absolute atomic E-state index is 8.88. The van der Waals surface area contributed by atoms with Gasteiger partial charge in [-0.15, -0.1) is 0 Å². The molecule has 0 aromatic rings. The molecule has 0 unspecified atom stereocenters. The third-order valence-corrected chi connectivity index (χ3v) is 0. The van der Waals surface area contributed by atoms with Crippen LogP contribution >= 0.6 is 7.82 Å². The fraction of sp³-hybridized carbons (Fsp3) is 0. The van der Waals surface area contributed by atoms with Crippen LogP contribution in [0.3, 0.4) is 0 Å². The fourth-order valence-electron chi connectivity index (χ4n) is 0. The van der Waals surface area contributed by atoms with Gasteiger partial charge in [-0.2, -0.15) is 0 Å². The molecule has 0 amide bonds. The third kappa shape index (κ3) is 445. The van der Waals surface area contributed by atoms with Gasteiger partial charge in [0.25, 0.3) is 0 Å². The molecule has 0 aliphatic rings. The molecule has 11 heavy (non-hydrogen) atoms. The molecule has 0 fully saturated rings. The molecule has 0 rings (SSSR count). The molecule has 11 heteroatoms. The second-order valence-corrected chi connectivity index (χ2v) is 1.85. The largest absolute Gasteiger partial charge is 1.00 e. The monoisotopic (exact) mass is 372 g/mol. The van der Waals surface area contributed by atoms with E-state index < -0.39 is 15.1 Å². The molecule has 0 radical (unpaired) electrons. The Hall–Kier alpha value is 1.54. The summed E-state index contributed by atoms with van der Waals surface area (Å²) in [6.07, 6.45) is 0. The molecular weight excluding hydrogens is 370 g/mol. The summed E-state index contributed by atoms with van der Waals surface area (Å²) in [6.45, 7) is 0. The van der Waals surface area contributed by atoms with E-state index in [0.29, 0.717) is 0 Å². The maximum atomic E-state index is 8.88. The van der Waals surface area contributed by atoms with Crippen LogP contribution in [0.15, 0.2) is 0 Å². The zero-order valence-corrected chi connectivity index (χ0v) is 8.50. The van der Waals surface area contributed by atoms with E-state index in [0.717, 1.165) is 0 Å². The molecule has 0 aromatic carbocycles. The fourth-order valence-corrected chi connectivity index (χ4v) is 0. The van der Waals surface area contributed by atoms with E-state index in [1.807, 2.05) is 0 Å².